The SMILES string of the molecule is Nc1n[nH]c(Cc2ccccc2NC(=S)Nc2ccc(-c3ccccc3)nn2)c1-c1cccc(C(F)(F)F)c1. The summed E-state index contributed by atoms with van der Waals surface area (Å²) >= 11 is 5.49. The summed E-state index contributed by atoms with van der Waals surface area (Å²) < 4.78 is 39.9. The van der Waals surface area contributed by atoms with Crippen LogP contribution in [-0.2, 0) is 12.6 Å². The summed E-state index contributed by atoms with van der Waals surface area (Å²) in [6.45, 7) is 0. The standard InChI is InChI=1S/C28H22F3N7S/c29-28(30,31)20-11-6-10-19(15-20)25-23(36-38-26(25)32)16-18-9-4-5-12-21(18)33-27(39)34-24-14-13-22(35-37-24)17-7-2-1-3-8-17/h1-15H,16H2,(H3,32,36,38)(H2,33,34,37,39). The Morgan fingerprint density at radius 2 is 1.59 bits per heavy atom. The minimum atomic E-state index is -4.47. The zero-order valence-corrected chi connectivity index (χ0v) is 21.1. The van der Waals surface area contributed by atoms with Gasteiger partial charge in [-0.3, -0.25) is 5.10 Å². The number of nitrogen functional groups attached to an aromatic ring is 1. The maximum absolute atomic E-state index is 13.3. The number of aromatic amines is 1. The number of halogens is 3. The lowest BCUT2D eigenvalue weighted by molar-refractivity contribution is -0.137. The largest absolute Gasteiger partial charge is 0.416 e. The minimum Gasteiger partial charge on any atom is -0.382 e. The molecule has 2 heterocycles. The van der Waals surface area contributed by atoms with E-state index in [1.54, 1.807) is 12.1 Å². The van der Waals surface area contributed by atoms with Crippen molar-refractivity contribution in [3.8, 4) is 22.4 Å². The van der Waals surface area contributed by atoms with Crippen LogP contribution in [0.2, 0.25) is 0 Å². The van der Waals surface area contributed by atoms with Crippen LogP contribution in [0.4, 0.5) is 30.5 Å². The fourth-order valence-electron chi connectivity index (χ4n) is 4.11. The number of nitrogens with two attached hydrogens (primary N) is 1. The number of rotatable bonds is 6. The third-order valence-corrected chi connectivity index (χ3v) is 6.16. The molecule has 0 atom stereocenters. The number of alkyl halides is 3. The molecule has 11 heteroatoms. The van der Waals surface area contributed by atoms with Crippen molar-refractivity contribution in [2.75, 3.05) is 16.4 Å². The highest BCUT2D eigenvalue weighted by atomic mass is 32.1. The van der Waals surface area contributed by atoms with E-state index in [0.717, 1.165) is 29.0 Å². The lowest BCUT2D eigenvalue weighted by Crippen LogP contribution is -2.21. The van der Waals surface area contributed by atoms with Crippen molar-refractivity contribution in [3.05, 3.63) is 108 Å². The van der Waals surface area contributed by atoms with Crippen LogP contribution in [0.3, 0.4) is 0 Å². The Kier molecular flexibility index (Phi) is 7.24. The molecule has 0 saturated heterocycles. The Morgan fingerprint density at radius 3 is 2.33 bits per heavy atom. The summed E-state index contributed by atoms with van der Waals surface area (Å²) in [5, 5.41) is 21.9. The van der Waals surface area contributed by atoms with Crippen LogP contribution in [0, 0.1) is 0 Å². The first-order valence-electron chi connectivity index (χ1n) is 11.8. The van der Waals surface area contributed by atoms with Crippen molar-refractivity contribution in [3.63, 3.8) is 0 Å². The van der Waals surface area contributed by atoms with Gasteiger partial charge in [0.25, 0.3) is 0 Å². The van der Waals surface area contributed by atoms with Crippen LogP contribution in [-0.4, -0.2) is 25.5 Å². The van der Waals surface area contributed by atoms with Crippen molar-refractivity contribution in [2.45, 2.75) is 12.6 Å². The number of nitrogens with zero attached hydrogens (tertiary/aromatic N) is 3. The summed E-state index contributed by atoms with van der Waals surface area (Å²) in [6, 6.07) is 25.8. The molecule has 0 saturated carbocycles. The van der Waals surface area contributed by atoms with Gasteiger partial charge in [-0.25, -0.2) is 0 Å². The number of nitrogens with one attached hydrogen (secondary N) is 3. The second-order valence-corrected chi connectivity index (χ2v) is 9.03. The molecule has 0 aliphatic heterocycles. The van der Waals surface area contributed by atoms with Crippen LogP contribution < -0.4 is 16.4 Å². The monoisotopic (exact) mass is 545 g/mol. The molecule has 0 aliphatic carbocycles. The fourth-order valence-corrected chi connectivity index (χ4v) is 4.33. The van der Waals surface area contributed by atoms with Gasteiger partial charge in [-0.2, -0.15) is 18.3 Å². The third kappa shape index (κ3) is 6.04. The van der Waals surface area contributed by atoms with Crippen LogP contribution in [0.25, 0.3) is 22.4 Å². The lowest BCUT2D eigenvalue weighted by atomic mass is 9.98. The number of thiocarbonyl (C=S) groups is 1. The molecule has 0 amide bonds. The molecule has 0 bridgehead atoms. The summed E-state index contributed by atoms with van der Waals surface area (Å²) in [5.74, 6) is 0.585. The molecule has 0 unspecified atom stereocenters. The first-order valence-corrected chi connectivity index (χ1v) is 12.2. The number of aromatic nitrogens is 4. The molecule has 5 rings (SSSR count). The Balaban J connectivity index is 1.33. The average molecular weight is 546 g/mol. The van der Waals surface area contributed by atoms with Gasteiger partial charge in [0, 0.05) is 28.9 Å². The first-order chi connectivity index (χ1) is 18.8. The van der Waals surface area contributed by atoms with E-state index in [0.29, 0.717) is 39.9 Å². The Labute approximate surface area is 227 Å². The van der Waals surface area contributed by atoms with E-state index in [1.165, 1.54) is 6.07 Å². The van der Waals surface area contributed by atoms with Gasteiger partial charge in [0.1, 0.15) is 0 Å². The smallest absolute Gasteiger partial charge is 0.382 e. The van der Waals surface area contributed by atoms with Gasteiger partial charge < -0.3 is 16.4 Å². The summed E-state index contributed by atoms with van der Waals surface area (Å²) in [6.07, 6.45) is -4.16. The van der Waals surface area contributed by atoms with Crippen molar-refractivity contribution >= 4 is 34.7 Å². The molecule has 7 nitrogen and oxygen atoms in total. The number of hydrogen-bond donors (Lipinski definition) is 4. The van der Waals surface area contributed by atoms with Gasteiger partial charge in [-0.1, -0.05) is 60.7 Å². The minimum absolute atomic E-state index is 0.115. The summed E-state index contributed by atoms with van der Waals surface area (Å²) in [4.78, 5) is 0. The number of H-pyrrole nitrogens is 1. The highest BCUT2D eigenvalue weighted by Crippen LogP contribution is 2.35. The zero-order chi connectivity index (χ0) is 27.4. The molecule has 0 radical (unpaired) electrons. The molecule has 0 spiro atoms. The van der Waals surface area contributed by atoms with E-state index >= 15 is 0 Å². The zero-order valence-electron chi connectivity index (χ0n) is 20.3. The molecular formula is C28H22F3N7S. The predicted molar refractivity (Wildman–Crippen MR) is 150 cm³/mol. The van der Waals surface area contributed by atoms with Gasteiger partial charge in [0.15, 0.2) is 16.7 Å². The van der Waals surface area contributed by atoms with Crippen LogP contribution in [0.5, 0.6) is 0 Å². The van der Waals surface area contributed by atoms with Crippen LogP contribution in [0.1, 0.15) is 16.8 Å². The van der Waals surface area contributed by atoms with Gasteiger partial charge in [-0.05, 0) is 53.7 Å². The Bertz CT molecular complexity index is 1600. The number of benzene rings is 3. The molecule has 3 aromatic carbocycles. The topological polar surface area (TPSA) is 105 Å². The third-order valence-electron chi connectivity index (χ3n) is 5.96. The molecule has 39 heavy (non-hydrogen) atoms. The molecule has 196 valence electrons. The van der Waals surface area contributed by atoms with Crippen molar-refractivity contribution < 1.29 is 13.2 Å². The summed E-state index contributed by atoms with van der Waals surface area (Å²) in [7, 11) is 0. The lowest BCUT2D eigenvalue weighted by Gasteiger charge is -2.14. The van der Waals surface area contributed by atoms with Crippen molar-refractivity contribution in [2.24, 2.45) is 0 Å². The van der Waals surface area contributed by atoms with Gasteiger partial charge in [0.2, 0.25) is 0 Å². The highest BCUT2D eigenvalue weighted by molar-refractivity contribution is 7.80. The number of para-hydroxylation sites is 1. The van der Waals surface area contributed by atoms with E-state index in [9.17, 15) is 13.2 Å². The van der Waals surface area contributed by atoms with E-state index in [2.05, 4.69) is 31.0 Å². The maximum Gasteiger partial charge on any atom is 0.416 e. The van der Waals surface area contributed by atoms with Crippen molar-refractivity contribution in [1.29, 1.82) is 0 Å². The van der Waals surface area contributed by atoms with E-state index in [-0.39, 0.29) is 5.82 Å². The quantitative estimate of drug-likeness (QED) is 0.180. The number of anilines is 3. The van der Waals surface area contributed by atoms with Crippen LogP contribution in [0.15, 0.2) is 91.0 Å². The van der Waals surface area contributed by atoms with Crippen LogP contribution >= 0.6 is 12.2 Å². The van der Waals surface area contributed by atoms with E-state index in [1.807, 2.05) is 60.7 Å². The average Bonchev–Trinajstić information content (AvgIpc) is 3.30. The van der Waals surface area contributed by atoms with Gasteiger partial charge in [0.05, 0.1) is 11.3 Å². The normalized spacial score (nSPS) is 11.3. The molecule has 2 aromatic heterocycles. The maximum atomic E-state index is 13.3. The molecule has 0 aliphatic rings. The Morgan fingerprint density at radius 1 is 0.846 bits per heavy atom. The van der Waals surface area contributed by atoms with Gasteiger partial charge >= 0.3 is 6.18 Å². The van der Waals surface area contributed by atoms with Crippen molar-refractivity contribution in [1.82, 2.24) is 20.4 Å². The summed E-state index contributed by atoms with van der Waals surface area (Å²) in [5.41, 5.74) is 9.83. The highest BCUT2D eigenvalue weighted by Gasteiger charge is 2.31. The second kappa shape index (κ2) is 10.9. The van der Waals surface area contributed by atoms with E-state index in [4.69, 9.17) is 18.0 Å². The molecule has 5 aromatic rings. The fraction of sp³-hybridized carbons (Fsp3) is 0.0714. The second-order valence-electron chi connectivity index (χ2n) is 8.62. The first kappa shape index (κ1) is 25.9. The molecule has 5 N–H and O–H groups in total. The predicted octanol–water partition coefficient (Wildman–Crippen LogP) is 6.53. The molecule has 0 fully saturated rings. The Hall–Kier alpha value is -4.77. The van der Waals surface area contributed by atoms with Gasteiger partial charge in [-0.15, -0.1) is 10.2 Å². The van der Waals surface area contributed by atoms with E-state index < -0.39 is 11.7 Å². The molecular weight excluding hydrogens is 523 g/mol. The number of hydrogen-bond acceptors (Lipinski definition) is 5.